The number of aromatic nitrogens is 1. The van der Waals surface area contributed by atoms with Crippen molar-refractivity contribution in [2.24, 2.45) is 5.92 Å². The molecule has 5 nitrogen and oxygen atoms in total. The first kappa shape index (κ1) is 21.4. The number of carbonyl (C=O) groups is 1. The highest BCUT2D eigenvalue weighted by atomic mass is 19.1. The van der Waals surface area contributed by atoms with Gasteiger partial charge in [0.05, 0.1) is 5.56 Å². The molecule has 156 valence electrons. The fourth-order valence-electron chi connectivity index (χ4n) is 3.89. The molecule has 2 heterocycles. The Kier molecular flexibility index (Phi) is 7.72. The van der Waals surface area contributed by atoms with Crippen LogP contribution < -0.4 is 0 Å². The molecule has 0 unspecified atom stereocenters. The second-order valence-electron chi connectivity index (χ2n) is 8.13. The Balaban J connectivity index is 1.64. The third-order valence-electron chi connectivity index (χ3n) is 5.45. The molecule has 3 rings (SSSR count). The molecule has 0 radical (unpaired) electrons. The Hall–Kier alpha value is -2.31. The van der Waals surface area contributed by atoms with Crippen LogP contribution in [0.3, 0.4) is 0 Å². The average molecular weight is 399 g/mol. The summed E-state index contributed by atoms with van der Waals surface area (Å²) in [5, 5.41) is 0. The summed E-state index contributed by atoms with van der Waals surface area (Å²) in [5.41, 5.74) is 1.37. The molecule has 1 saturated heterocycles. The third-order valence-corrected chi connectivity index (χ3v) is 5.45. The van der Waals surface area contributed by atoms with Crippen molar-refractivity contribution in [2.75, 3.05) is 46.8 Å². The molecule has 1 atom stereocenters. The van der Waals surface area contributed by atoms with Crippen LogP contribution >= 0.6 is 0 Å². The molecular formula is C23H31FN4O. The summed E-state index contributed by atoms with van der Waals surface area (Å²) in [5.74, 6) is 0.276. The highest BCUT2D eigenvalue weighted by Crippen LogP contribution is 2.21. The van der Waals surface area contributed by atoms with E-state index in [4.69, 9.17) is 0 Å². The van der Waals surface area contributed by atoms with Crippen LogP contribution in [-0.2, 0) is 6.54 Å². The molecule has 0 N–H and O–H groups in total. The van der Waals surface area contributed by atoms with E-state index in [0.717, 1.165) is 44.6 Å². The molecular weight excluding hydrogens is 367 g/mol. The molecule has 1 aliphatic rings. The smallest absolute Gasteiger partial charge is 0.255 e. The lowest BCUT2D eigenvalue weighted by molar-refractivity contribution is 0.0659. The number of likely N-dealkylation sites (tertiary alicyclic amines) is 1. The van der Waals surface area contributed by atoms with Gasteiger partial charge in [-0.05, 0) is 57.6 Å². The van der Waals surface area contributed by atoms with Crippen LogP contribution in [0.15, 0.2) is 48.8 Å². The van der Waals surface area contributed by atoms with Crippen molar-refractivity contribution in [1.29, 1.82) is 0 Å². The molecule has 1 amide bonds. The van der Waals surface area contributed by atoms with Gasteiger partial charge in [0.1, 0.15) is 5.82 Å². The minimum absolute atomic E-state index is 0.0335. The van der Waals surface area contributed by atoms with E-state index in [1.54, 1.807) is 24.5 Å². The monoisotopic (exact) mass is 398 g/mol. The zero-order valence-electron chi connectivity index (χ0n) is 17.4. The second kappa shape index (κ2) is 10.5. The Morgan fingerprint density at radius 2 is 2.03 bits per heavy atom. The normalized spacial score (nSPS) is 17.4. The second-order valence-corrected chi connectivity index (χ2v) is 8.13. The molecule has 1 aromatic carbocycles. The maximum absolute atomic E-state index is 14.0. The summed E-state index contributed by atoms with van der Waals surface area (Å²) in [6.07, 6.45) is 5.48. The number of hydrogen-bond donors (Lipinski definition) is 0. The number of pyridine rings is 1. The lowest BCUT2D eigenvalue weighted by Crippen LogP contribution is -2.44. The predicted octanol–water partition coefficient (Wildman–Crippen LogP) is 3.14. The number of likely N-dealkylation sites (N-methyl/N-ethyl adjacent to an activating group) is 1. The summed E-state index contributed by atoms with van der Waals surface area (Å²) < 4.78 is 14.0. The Morgan fingerprint density at radius 1 is 1.21 bits per heavy atom. The van der Waals surface area contributed by atoms with E-state index in [2.05, 4.69) is 14.8 Å². The van der Waals surface area contributed by atoms with Crippen molar-refractivity contribution in [1.82, 2.24) is 19.7 Å². The highest BCUT2D eigenvalue weighted by molar-refractivity contribution is 5.93. The Bertz CT molecular complexity index is 783. The highest BCUT2D eigenvalue weighted by Gasteiger charge is 2.25. The lowest BCUT2D eigenvalue weighted by atomic mass is 9.96. The van der Waals surface area contributed by atoms with Crippen LogP contribution in [-0.4, -0.2) is 72.4 Å². The summed E-state index contributed by atoms with van der Waals surface area (Å²) in [6, 6.07) is 10.6. The van der Waals surface area contributed by atoms with Crippen LogP contribution in [0, 0.1) is 11.7 Å². The number of piperidine rings is 1. The van der Waals surface area contributed by atoms with E-state index in [9.17, 15) is 9.18 Å². The van der Waals surface area contributed by atoms with Crippen molar-refractivity contribution in [3.8, 4) is 0 Å². The molecule has 1 fully saturated rings. The molecule has 6 heteroatoms. The van der Waals surface area contributed by atoms with Crippen molar-refractivity contribution >= 4 is 5.91 Å². The fraction of sp³-hybridized carbons (Fsp3) is 0.478. The quantitative estimate of drug-likeness (QED) is 0.685. The third kappa shape index (κ3) is 6.34. The van der Waals surface area contributed by atoms with Crippen molar-refractivity contribution in [3.63, 3.8) is 0 Å². The van der Waals surface area contributed by atoms with Gasteiger partial charge in [-0.25, -0.2) is 4.39 Å². The summed E-state index contributed by atoms with van der Waals surface area (Å²) in [4.78, 5) is 23.5. The van der Waals surface area contributed by atoms with E-state index in [-0.39, 0.29) is 11.7 Å². The van der Waals surface area contributed by atoms with Crippen LogP contribution in [0.25, 0.3) is 0 Å². The van der Waals surface area contributed by atoms with Gasteiger partial charge in [-0.3, -0.25) is 14.7 Å². The van der Waals surface area contributed by atoms with E-state index in [1.165, 1.54) is 6.07 Å². The minimum atomic E-state index is -0.144. The van der Waals surface area contributed by atoms with Crippen molar-refractivity contribution in [3.05, 3.63) is 65.7 Å². The number of halogens is 1. The number of rotatable bonds is 8. The van der Waals surface area contributed by atoms with E-state index in [1.807, 2.05) is 37.2 Å². The number of amides is 1. The molecule has 0 spiro atoms. The summed E-state index contributed by atoms with van der Waals surface area (Å²) in [6.45, 7) is 4.70. The maximum Gasteiger partial charge on any atom is 0.255 e. The molecule has 1 aliphatic heterocycles. The van der Waals surface area contributed by atoms with Gasteiger partial charge in [-0.15, -0.1) is 0 Å². The summed E-state index contributed by atoms with van der Waals surface area (Å²) >= 11 is 0. The van der Waals surface area contributed by atoms with Crippen molar-refractivity contribution in [2.45, 2.75) is 19.4 Å². The fourth-order valence-corrected chi connectivity index (χ4v) is 3.89. The van der Waals surface area contributed by atoms with Gasteiger partial charge in [-0.2, -0.15) is 0 Å². The zero-order chi connectivity index (χ0) is 20.6. The SMILES string of the molecule is CN(C)CCN(C[C@@H]1CCCN(Cc2ccccc2F)C1)C(=O)c1cccnc1. The molecule has 0 saturated carbocycles. The lowest BCUT2D eigenvalue weighted by Gasteiger charge is -2.36. The molecule has 29 heavy (non-hydrogen) atoms. The topological polar surface area (TPSA) is 39.7 Å². The first-order valence-electron chi connectivity index (χ1n) is 10.3. The minimum Gasteiger partial charge on any atom is -0.337 e. The van der Waals surface area contributed by atoms with Crippen LogP contribution in [0.5, 0.6) is 0 Å². The van der Waals surface area contributed by atoms with Crippen LogP contribution in [0.4, 0.5) is 4.39 Å². The van der Waals surface area contributed by atoms with Gasteiger partial charge in [0, 0.05) is 50.7 Å². The number of carbonyl (C=O) groups excluding carboxylic acids is 1. The summed E-state index contributed by atoms with van der Waals surface area (Å²) in [7, 11) is 4.03. The van der Waals surface area contributed by atoms with Gasteiger partial charge >= 0.3 is 0 Å². The van der Waals surface area contributed by atoms with Crippen LogP contribution in [0.2, 0.25) is 0 Å². The van der Waals surface area contributed by atoms with Crippen molar-refractivity contribution < 1.29 is 9.18 Å². The van der Waals surface area contributed by atoms with E-state index < -0.39 is 0 Å². The number of nitrogens with zero attached hydrogens (tertiary/aromatic N) is 4. The van der Waals surface area contributed by atoms with Crippen LogP contribution in [0.1, 0.15) is 28.8 Å². The van der Waals surface area contributed by atoms with Gasteiger partial charge in [0.25, 0.3) is 5.91 Å². The first-order valence-corrected chi connectivity index (χ1v) is 10.3. The van der Waals surface area contributed by atoms with E-state index >= 15 is 0 Å². The molecule has 2 aromatic rings. The molecule has 0 bridgehead atoms. The number of benzene rings is 1. The molecule has 0 aliphatic carbocycles. The molecule has 1 aromatic heterocycles. The Labute approximate surface area is 173 Å². The largest absolute Gasteiger partial charge is 0.337 e. The first-order chi connectivity index (χ1) is 14.0. The van der Waals surface area contributed by atoms with Gasteiger partial charge in [-0.1, -0.05) is 18.2 Å². The standard InChI is InChI=1S/C23H31FN4O/c1-26(2)13-14-28(23(29)20-9-5-11-25-15-20)17-19-7-6-12-27(16-19)18-21-8-3-4-10-22(21)24/h3-5,8-11,15,19H,6-7,12-14,16-18H2,1-2H3/t19-/m1/s1. The Morgan fingerprint density at radius 3 is 2.76 bits per heavy atom. The number of hydrogen-bond acceptors (Lipinski definition) is 4. The average Bonchev–Trinajstić information content (AvgIpc) is 2.73. The predicted molar refractivity (Wildman–Crippen MR) is 113 cm³/mol. The zero-order valence-corrected chi connectivity index (χ0v) is 17.4. The maximum atomic E-state index is 14.0. The van der Waals surface area contributed by atoms with Gasteiger partial charge in [0.15, 0.2) is 0 Å². The van der Waals surface area contributed by atoms with Gasteiger partial charge in [0.2, 0.25) is 0 Å². The van der Waals surface area contributed by atoms with Gasteiger partial charge < -0.3 is 9.80 Å². The van der Waals surface area contributed by atoms with E-state index in [0.29, 0.717) is 24.6 Å².